The molecular formula is C27H27ClFN5O3. The minimum absolute atomic E-state index is 0.106. The van der Waals surface area contributed by atoms with Gasteiger partial charge in [0, 0.05) is 30.9 Å². The molecule has 2 heterocycles. The molecule has 10 heteroatoms. The van der Waals surface area contributed by atoms with Crippen molar-refractivity contribution in [2.45, 2.75) is 39.7 Å². The number of halogens is 2. The average Bonchev–Trinajstić information content (AvgIpc) is 3.29. The van der Waals surface area contributed by atoms with Gasteiger partial charge in [-0.3, -0.25) is 19.3 Å². The lowest BCUT2D eigenvalue weighted by molar-refractivity contribution is -0.115. The molecule has 0 bridgehead atoms. The number of rotatable bonds is 6. The summed E-state index contributed by atoms with van der Waals surface area (Å²) in [7, 11) is 1.43. The Morgan fingerprint density at radius 2 is 1.95 bits per heavy atom. The molecule has 2 aromatic carbocycles. The molecule has 0 aliphatic carbocycles. The van der Waals surface area contributed by atoms with Crippen LogP contribution in [0.15, 0.2) is 48.9 Å². The molecule has 2 amide bonds. The Labute approximate surface area is 218 Å². The topological polar surface area (TPSA) is 98.1 Å². The van der Waals surface area contributed by atoms with Crippen LogP contribution in [0.25, 0.3) is 10.9 Å². The van der Waals surface area contributed by atoms with Gasteiger partial charge >= 0.3 is 0 Å². The van der Waals surface area contributed by atoms with E-state index >= 15 is 0 Å². The quantitative estimate of drug-likeness (QED) is 0.342. The van der Waals surface area contributed by atoms with Gasteiger partial charge in [-0.25, -0.2) is 4.39 Å². The number of aromatic nitrogens is 3. The molecule has 0 aliphatic rings. The molecule has 4 rings (SSSR count). The van der Waals surface area contributed by atoms with E-state index in [2.05, 4.69) is 20.7 Å². The van der Waals surface area contributed by atoms with Crippen molar-refractivity contribution in [1.29, 1.82) is 0 Å². The average molecular weight is 524 g/mol. The largest absolute Gasteiger partial charge is 0.455 e. The summed E-state index contributed by atoms with van der Waals surface area (Å²) in [5, 5.41) is 10.3. The number of nitrogens with one attached hydrogen (secondary N) is 2. The number of fused-ring (bicyclic) bond motifs is 1. The van der Waals surface area contributed by atoms with E-state index in [4.69, 9.17) is 16.3 Å². The first kappa shape index (κ1) is 26.1. The Morgan fingerprint density at radius 1 is 1.19 bits per heavy atom. The zero-order chi connectivity index (χ0) is 26.9. The molecule has 192 valence electrons. The number of carbonyl (C=O) groups is 2. The third-order valence-corrected chi connectivity index (χ3v) is 5.96. The number of ether oxygens (including phenoxy) is 1. The highest BCUT2D eigenvalue weighted by Crippen LogP contribution is 2.37. The van der Waals surface area contributed by atoms with Crippen LogP contribution in [0.1, 0.15) is 42.3 Å². The van der Waals surface area contributed by atoms with Crippen LogP contribution in [0.4, 0.5) is 10.1 Å². The second-order valence-electron chi connectivity index (χ2n) is 9.63. The van der Waals surface area contributed by atoms with Crippen LogP contribution < -0.4 is 15.4 Å². The molecule has 2 N–H and O–H groups in total. The second kappa shape index (κ2) is 10.2. The van der Waals surface area contributed by atoms with E-state index in [1.807, 2.05) is 33.8 Å². The third-order valence-electron chi connectivity index (χ3n) is 5.68. The van der Waals surface area contributed by atoms with Gasteiger partial charge in [-0.1, -0.05) is 17.7 Å². The number of benzene rings is 2. The Bertz CT molecular complexity index is 1490. The molecule has 0 saturated heterocycles. The molecule has 0 atom stereocenters. The van der Waals surface area contributed by atoms with E-state index in [0.717, 1.165) is 0 Å². The molecule has 0 unspecified atom stereocenters. The van der Waals surface area contributed by atoms with Gasteiger partial charge in [0.2, 0.25) is 5.91 Å². The fourth-order valence-electron chi connectivity index (χ4n) is 3.83. The Balaban J connectivity index is 1.56. The van der Waals surface area contributed by atoms with Crippen molar-refractivity contribution in [3.63, 3.8) is 0 Å². The summed E-state index contributed by atoms with van der Waals surface area (Å²) >= 11 is 6.55. The number of hydrogen-bond donors (Lipinski definition) is 2. The smallest absolute Gasteiger partial charge is 0.254 e. The number of hydrogen-bond acceptors (Lipinski definition) is 5. The number of aryl methyl sites for hydroxylation is 1. The minimum atomic E-state index is -0.681. The monoisotopic (exact) mass is 523 g/mol. The third kappa shape index (κ3) is 5.72. The number of amides is 2. The first-order valence-electron chi connectivity index (χ1n) is 11.6. The normalized spacial score (nSPS) is 11.4. The molecule has 0 saturated carbocycles. The van der Waals surface area contributed by atoms with Crippen LogP contribution in [-0.2, 0) is 16.8 Å². The molecule has 0 fully saturated rings. The Kier molecular flexibility index (Phi) is 7.18. The SMILES string of the molecule is CNC(=O)c1cc2c(Oc3c(C)cc(CC(=O)Nc4cnn(C(C)(C)C)c4)cc3Cl)ccnc2cc1F. The van der Waals surface area contributed by atoms with Crippen molar-refractivity contribution in [3.8, 4) is 11.5 Å². The molecule has 8 nitrogen and oxygen atoms in total. The molecule has 0 spiro atoms. The minimum Gasteiger partial charge on any atom is -0.455 e. The summed E-state index contributed by atoms with van der Waals surface area (Å²) < 4.78 is 22.3. The maximum Gasteiger partial charge on any atom is 0.254 e. The van der Waals surface area contributed by atoms with Crippen molar-refractivity contribution in [2.75, 3.05) is 12.4 Å². The van der Waals surface area contributed by atoms with Gasteiger partial charge in [0.15, 0.2) is 0 Å². The summed E-state index contributed by atoms with van der Waals surface area (Å²) in [6.45, 7) is 7.88. The van der Waals surface area contributed by atoms with Gasteiger partial charge in [0.05, 0.1) is 39.9 Å². The predicted molar refractivity (Wildman–Crippen MR) is 141 cm³/mol. The van der Waals surface area contributed by atoms with Gasteiger partial charge in [-0.15, -0.1) is 0 Å². The molecule has 0 aliphatic heterocycles. The molecule has 4 aromatic rings. The first-order valence-corrected chi connectivity index (χ1v) is 12.0. The van der Waals surface area contributed by atoms with Gasteiger partial charge in [-0.2, -0.15) is 5.10 Å². The molecule has 37 heavy (non-hydrogen) atoms. The molecule has 0 radical (unpaired) electrons. The highest BCUT2D eigenvalue weighted by atomic mass is 35.5. The van der Waals surface area contributed by atoms with E-state index in [1.165, 1.54) is 25.4 Å². The predicted octanol–water partition coefficient (Wildman–Crippen LogP) is 5.62. The fourth-order valence-corrected chi connectivity index (χ4v) is 4.16. The summed E-state index contributed by atoms with van der Waals surface area (Å²) in [6, 6.07) is 7.69. The van der Waals surface area contributed by atoms with Gasteiger partial charge in [0.1, 0.15) is 17.3 Å². The first-order chi connectivity index (χ1) is 17.5. The second-order valence-corrected chi connectivity index (χ2v) is 10.0. The van der Waals surface area contributed by atoms with E-state index < -0.39 is 11.7 Å². The van der Waals surface area contributed by atoms with Crippen LogP contribution in [0.3, 0.4) is 0 Å². The van der Waals surface area contributed by atoms with Crippen LogP contribution in [0.5, 0.6) is 11.5 Å². The van der Waals surface area contributed by atoms with Gasteiger partial charge < -0.3 is 15.4 Å². The van der Waals surface area contributed by atoms with E-state index in [0.29, 0.717) is 44.2 Å². The van der Waals surface area contributed by atoms with Crippen LogP contribution in [-0.4, -0.2) is 33.6 Å². The molecular weight excluding hydrogens is 497 g/mol. The number of anilines is 1. The number of pyridine rings is 1. The van der Waals surface area contributed by atoms with Gasteiger partial charge in [-0.05, 0) is 57.0 Å². The van der Waals surface area contributed by atoms with Gasteiger partial charge in [0.25, 0.3) is 5.91 Å². The lowest BCUT2D eigenvalue weighted by atomic mass is 10.1. The highest BCUT2D eigenvalue weighted by molar-refractivity contribution is 6.32. The summed E-state index contributed by atoms with van der Waals surface area (Å²) in [5.41, 5.74) is 2.04. The maximum absolute atomic E-state index is 14.4. The van der Waals surface area contributed by atoms with Crippen molar-refractivity contribution < 1.29 is 18.7 Å². The lowest BCUT2D eigenvalue weighted by Crippen LogP contribution is -2.22. The Hall–Kier alpha value is -3.98. The summed E-state index contributed by atoms with van der Waals surface area (Å²) in [5.74, 6) is -0.700. The van der Waals surface area contributed by atoms with Crippen molar-refractivity contribution in [2.24, 2.45) is 0 Å². The summed E-state index contributed by atoms with van der Waals surface area (Å²) in [6.07, 6.45) is 4.99. The van der Waals surface area contributed by atoms with E-state index in [-0.39, 0.29) is 23.4 Å². The van der Waals surface area contributed by atoms with Crippen molar-refractivity contribution in [3.05, 3.63) is 76.5 Å². The zero-order valence-corrected chi connectivity index (χ0v) is 21.9. The van der Waals surface area contributed by atoms with Crippen LogP contribution in [0, 0.1) is 12.7 Å². The van der Waals surface area contributed by atoms with E-state index in [1.54, 1.807) is 29.2 Å². The fraction of sp³-hybridized carbons (Fsp3) is 0.259. The van der Waals surface area contributed by atoms with Crippen molar-refractivity contribution >= 4 is 40.0 Å². The Morgan fingerprint density at radius 3 is 2.59 bits per heavy atom. The lowest BCUT2D eigenvalue weighted by Gasteiger charge is -2.18. The highest BCUT2D eigenvalue weighted by Gasteiger charge is 2.18. The summed E-state index contributed by atoms with van der Waals surface area (Å²) in [4.78, 5) is 28.9. The van der Waals surface area contributed by atoms with E-state index in [9.17, 15) is 14.0 Å². The van der Waals surface area contributed by atoms with Crippen LogP contribution in [0.2, 0.25) is 5.02 Å². The maximum atomic E-state index is 14.4. The van der Waals surface area contributed by atoms with Crippen LogP contribution >= 0.6 is 11.6 Å². The number of nitrogens with zero attached hydrogens (tertiary/aromatic N) is 3. The standard InChI is InChI=1S/C27H27ClFN5O3/c1-15-8-16(10-24(35)33-17-13-32-34(14-17)27(2,3)4)9-20(28)25(15)37-23-6-7-31-22-12-21(29)18(11-19(22)23)26(36)30-5/h6-9,11-14H,10H2,1-5H3,(H,30,36)(H,33,35). The molecule has 2 aromatic heterocycles. The van der Waals surface area contributed by atoms with Crippen molar-refractivity contribution in [1.82, 2.24) is 20.1 Å². The number of carbonyl (C=O) groups excluding carboxylic acids is 2. The zero-order valence-electron chi connectivity index (χ0n) is 21.1.